The first-order valence-corrected chi connectivity index (χ1v) is 8.08. The van der Waals surface area contributed by atoms with Crippen LogP contribution < -0.4 is 10.1 Å². The molecule has 1 unspecified atom stereocenters. The Hall–Kier alpha value is -1.85. The Bertz CT molecular complexity index is 608. The fraction of sp³-hybridized carbons (Fsp3) is 0.353. The third-order valence-corrected chi connectivity index (χ3v) is 4.39. The van der Waals surface area contributed by atoms with E-state index in [-0.39, 0.29) is 18.9 Å². The summed E-state index contributed by atoms with van der Waals surface area (Å²) in [5.74, 6) is 0.628. The maximum Gasteiger partial charge on any atom is 0.223 e. The second kappa shape index (κ2) is 7.42. The smallest absolute Gasteiger partial charge is 0.223 e. The van der Waals surface area contributed by atoms with E-state index in [1.54, 1.807) is 6.92 Å². The van der Waals surface area contributed by atoms with Crippen LogP contribution in [0.15, 0.2) is 41.8 Å². The highest BCUT2D eigenvalue weighted by Gasteiger charge is 2.24. The van der Waals surface area contributed by atoms with Crippen molar-refractivity contribution in [1.82, 2.24) is 5.32 Å². The van der Waals surface area contributed by atoms with Gasteiger partial charge in [0.15, 0.2) is 0 Å². The van der Waals surface area contributed by atoms with Gasteiger partial charge in [-0.1, -0.05) is 18.2 Å². The number of hydrogen-bond donors (Lipinski definition) is 2. The second-order valence-electron chi connectivity index (χ2n) is 5.44. The molecule has 2 aromatic rings. The van der Waals surface area contributed by atoms with Gasteiger partial charge in [0.2, 0.25) is 5.91 Å². The molecule has 0 aliphatic rings. The van der Waals surface area contributed by atoms with Gasteiger partial charge in [-0.25, -0.2) is 0 Å². The standard InChI is InChI=1S/C17H21NO3S/c1-13-5-3-6-14(11-13)21-9-8-16(19)18-12-17(2,20)15-7-4-10-22-15/h3-7,10-11,20H,8-9,12H2,1-2H3,(H,18,19). The van der Waals surface area contributed by atoms with Gasteiger partial charge >= 0.3 is 0 Å². The maximum absolute atomic E-state index is 11.8. The third-order valence-electron chi connectivity index (χ3n) is 3.27. The van der Waals surface area contributed by atoms with Crippen LogP contribution in [-0.4, -0.2) is 24.2 Å². The number of nitrogens with one attached hydrogen (secondary N) is 1. The Labute approximate surface area is 134 Å². The van der Waals surface area contributed by atoms with E-state index in [0.717, 1.165) is 16.2 Å². The summed E-state index contributed by atoms with van der Waals surface area (Å²) in [4.78, 5) is 12.7. The van der Waals surface area contributed by atoms with E-state index >= 15 is 0 Å². The minimum Gasteiger partial charge on any atom is -0.493 e. The van der Waals surface area contributed by atoms with Crippen LogP contribution in [0.5, 0.6) is 5.75 Å². The van der Waals surface area contributed by atoms with Crippen molar-refractivity contribution in [1.29, 1.82) is 0 Å². The minimum absolute atomic E-state index is 0.135. The van der Waals surface area contributed by atoms with Crippen molar-refractivity contribution < 1.29 is 14.6 Å². The molecule has 0 aliphatic heterocycles. The molecule has 0 spiro atoms. The normalized spacial score (nSPS) is 13.4. The molecule has 1 aromatic carbocycles. The average Bonchev–Trinajstić information content (AvgIpc) is 3.00. The highest BCUT2D eigenvalue weighted by molar-refractivity contribution is 7.10. The van der Waals surface area contributed by atoms with Crippen LogP contribution in [0.2, 0.25) is 0 Å². The maximum atomic E-state index is 11.8. The van der Waals surface area contributed by atoms with E-state index in [0.29, 0.717) is 6.61 Å². The van der Waals surface area contributed by atoms with Gasteiger partial charge in [0.25, 0.3) is 0 Å². The van der Waals surface area contributed by atoms with E-state index < -0.39 is 5.60 Å². The van der Waals surface area contributed by atoms with Gasteiger partial charge in [-0.05, 0) is 43.0 Å². The molecule has 1 atom stereocenters. The summed E-state index contributed by atoms with van der Waals surface area (Å²) >= 11 is 1.47. The van der Waals surface area contributed by atoms with E-state index in [1.165, 1.54) is 11.3 Å². The second-order valence-corrected chi connectivity index (χ2v) is 6.39. The summed E-state index contributed by atoms with van der Waals surface area (Å²) in [6.07, 6.45) is 0.258. The van der Waals surface area contributed by atoms with Crippen LogP contribution in [0.1, 0.15) is 23.8 Å². The Balaban J connectivity index is 1.72. The summed E-state index contributed by atoms with van der Waals surface area (Å²) in [7, 11) is 0. The van der Waals surface area contributed by atoms with Gasteiger partial charge in [-0.15, -0.1) is 11.3 Å². The van der Waals surface area contributed by atoms with Crippen molar-refractivity contribution in [2.75, 3.05) is 13.2 Å². The number of ether oxygens (including phenoxy) is 1. The quantitative estimate of drug-likeness (QED) is 0.825. The largest absolute Gasteiger partial charge is 0.493 e. The number of carbonyl (C=O) groups excluding carboxylic acids is 1. The van der Waals surface area contributed by atoms with Crippen molar-refractivity contribution in [3.05, 3.63) is 52.2 Å². The molecule has 0 saturated heterocycles. The lowest BCUT2D eigenvalue weighted by Gasteiger charge is -2.22. The topological polar surface area (TPSA) is 58.6 Å². The van der Waals surface area contributed by atoms with Crippen LogP contribution in [-0.2, 0) is 10.4 Å². The van der Waals surface area contributed by atoms with E-state index in [1.807, 2.05) is 48.7 Å². The van der Waals surface area contributed by atoms with Crippen LogP contribution in [0, 0.1) is 6.92 Å². The Morgan fingerprint density at radius 1 is 1.36 bits per heavy atom. The molecule has 22 heavy (non-hydrogen) atoms. The predicted octanol–water partition coefficient (Wildman–Crippen LogP) is 2.85. The zero-order valence-corrected chi connectivity index (χ0v) is 13.7. The van der Waals surface area contributed by atoms with Gasteiger partial charge in [0.05, 0.1) is 19.6 Å². The first-order valence-electron chi connectivity index (χ1n) is 7.20. The zero-order valence-electron chi connectivity index (χ0n) is 12.8. The van der Waals surface area contributed by atoms with Crippen LogP contribution in [0.3, 0.4) is 0 Å². The fourth-order valence-electron chi connectivity index (χ4n) is 2.00. The number of aliphatic hydroxyl groups is 1. The molecule has 118 valence electrons. The van der Waals surface area contributed by atoms with Gasteiger partial charge in [0, 0.05) is 4.88 Å². The van der Waals surface area contributed by atoms with Crippen molar-refractivity contribution in [2.45, 2.75) is 25.9 Å². The molecule has 0 fully saturated rings. The number of carbonyl (C=O) groups is 1. The number of amides is 1. The molecule has 1 heterocycles. The third kappa shape index (κ3) is 4.86. The Morgan fingerprint density at radius 2 is 2.18 bits per heavy atom. The Kier molecular flexibility index (Phi) is 5.57. The van der Waals surface area contributed by atoms with Gasteiger partial charge in [-0.2, -0.15) is 0 Å². The van der Waals surface area contributed by atoms with Crippen molar-refractivity contribution in [3.63, 3.8) is 0 Å². The lowest BCUT2D eigenvalue weighted by molar-refractivity contribution is -0.122. The molecule has 0 bridgehead atoms. The molecule has 0 radical (unpaired) electrons. The van der Waals surface area contributed by atoms with Gasteiger partial charge < -0.3 is 15.2 Å². The van der Waals surface area contributed by atoms with Crippen LogP contribution >= 0.6 is 11.3 Å². The molecule has 0 saturated carbocycles. The van der Waals surface area contributed by atoms with Crippen molar-refractivity contribution >= 4 is 17.2 Å². The molecule has 1 aromatic heterocycles. The number of aryl methyl sites for hydroxylation is 1. The molecular weight excluding hydrogens is 298 g/mol. The van der Waals surface area contributed by atoms with E-state index in [2.05, 4.69) is 5.32 Å². The molecule has 5 heteroatoms. The summed E-state index contributed by atoms with van der Waals surface area (Å²) in [6, 6.07) is 11.4. The summed E-state index contributed by atoms with van der Waals surface area (Å²) in [5, 5.41) is 15.0. The lowest BCUT2D eigenvalue weighted by Crippen LogP contribution is -2.38. The Morgan fingerprint density at radius 3 is 2.86 bits per heavy atom. The SMILES string of the molecule is Cc1cccc(OCCC(=O)NCC(C)(O)c2cccs2)c1. The number of thiophene rings is 1. The predicted molar refractivity (Wildman–Crippen MR) is 88.2 cm³/mol. The highest BCUT2D eigenvalue weighted by Crippen LogP contribution is 2.24. The molecule has 0 aliphatic carbocycles. The monoisotopic (exact) mass is 319 g/mol. The molecule has 2 N–H and O–H groups in total. The fourth-order valence-corrected chi connectivity index (χ4v) is 2.78. The lowest BCUT2D eigenvalue weighted by atomic mass is 10.1. The number of rotatable bonds is 7. The van der Waals surface area contributed by atoms with Gasteiger partial charge in [-0.3, -0.25) is 4.79 Å². The minimum atomic E-state index is -1.04. The van der Waals surface area contributed by atoms with E-state index in [9.17, 15) is 9.90 Å². The number of hydrogen-bond acceptors (Lipinski definition) is 4. The van der Waals surface area contributed by atoms with Crippen molar-refractivity contribution in [2.24, 2.45) is 0 Å². The molecule has 4 nitrogen and oxygen atoms in total. The molecule has 2 rings (SSSR count). The molecular formula is C17H21NO3S. The summed E-state index contributed by atoms with van der Waals surface area (Å²) in [6.45, 7) is 4.20. The first-order chi connectivity index (χ1) is 10.5. The van der Waals surface area contributed by atoms with Crippen LogP contribution in [0.25, 0.3) is 0 Å². The summed E-state index contributed by atoms with van der Waals surface area (Å²) < 4.78 is 5.54. The van der Waals surface area contributed by atoms with Crippen LogP contribution in [0.4, 0.5) is 0 Å². The van der Waals surface area contributed by atoms with Gasteiger partial charge in [0.1, 0.15) is 11.4 Å². The van der Waals surface area contributed by atoms with E-state index in [4.69, 9.17) is 4.74 Å². The van der Waals surface area contributed by atoms with Crippen molar-refractivity contribution in [3.8, 4) is 5.75 Å². The average molecular weight is 319 g/mol. The number of benzene rings is 1. The molecule has 1 amide bonds. The zero-order chi connectivity index (χ0) is 16.0. The summed E-state index contributed by atoms with van der Waals surface area (Å²) in [5.41, 5.74) is 0.0789. The highest BCUT2D eigenvalue weighted by atomic mass is 32.1. The first kappa shape index (κ1) is 16.5.